The van der Waals surface area contributed by atoms with Crippen molar-refractivity contribution in [2.75, 3.05) is 53.6 Å². The number of nitrogens with zero attached hydrogens (tertiary/aromatic N) is 2. The normalized spacial score (nSPS) is 20.6. The van der Waals surface area contributed by atoms with Crippen molar-refractivity contribution in [3.8, 4) is 11.5 Å². The molecule has 2 fully saturated rings. The lowest BCUT2D eigenvalue weighted by molar-refractivity contribution is -0.140. The zero-order valence-electron chi connectivity index (χ0n) is 19.1. The summed E-state index contributed by atoms with van der Waals surface area (Å²) in [5.74, 6) is -0.757. The van der Waals surface area contributed by atoms with Gasteiger partial charge in [0.15, 0.2) is 11.5 Å². The van der Waals surface area contributed by atoms with Gasteiger partial charge in [-0.15, -0.1) is 0 Å². The number of benzene rings is 2. The number of hydrogen-bond donors (Lipinski definition) is 1. The monoisotopic (exact) mass is 486 g/mol. The van der Waals surface area contributed by atoms with Gasteiger partial charge in [0, 0.05) is 36.8 Å². The molecular weight excluding hydrogens is 460 g/mol. The van der Waals surface area contributed by atoms with Crippen LogP contribution in [0.4, 0.5) is 0 Å². The summed E-state index contributed by atoms with van der Waals surface area (Å²) in [6.45, 7) is 3.73. The largest absolute Gasteiger partial charge is 0.507 e. The van der Waals surface area contributed by atoms with Crippen LogP contribution in [0.1, 0.15) is 17.2 Å². The molecule has 34 heavy (non-hydrogen) atoms. The van der Waals surface area contributed by atoms with E-state index in [-0.39, 0.29) is 11.3 Å². The summed E-state index contributed by atoms with van der Waals surface area (Å²) in [5.41, 5.74) is 1.07. The van der Waals surface area contributed by atoms with Crippen molar-refractivity contribution in [2.24, 2.45) is 0 Å². The fraction of sp³-hybridized carbons (Fsp3) is 0.360. The molecule has 1 amide bonds. The van der Waals surface area contributed by atoms with Crippen LogP contribution in [0.3, 0.4) is 0 Å². The third kappa shape index (κ3) is 4.75. The van der Waals surface area contributed by atoms with Crippen LogP contribution in [0.2, 0.25) is 5.02 Å². The number of aliphatic hydroxyl groups excluding tert-OH is 1. The van der Waals surface area contributed by atoms with Gasteiger partial charge in [-0.1, -0.05) is 23.7 Å². The average molecular weight is 487 g/mol. The predicted molar refractivity (Wildman–Crippen MR) is 127 cm³/mol. The molecule has 8 nitrogen and oxygen atoms in total. The number of hydrogen-bond acceptors (Lipinski definition) is 7. The summed E-state index contributed by atoms with van der Waals surface area (Å²) in [6.07, 6.45) is 0. The summed E-state index contributed by atoms with van der Waals surface area (Å²) >= 11 is 6.08. The zero-order chi connectivity index (χ0) is 24.2. The highest BCUT2D eigenvalue weighted by molar-refractivity contribution is 6.46. The third-order valence-corrected chi connectivity index (χ3v) is 6.40. The minimum Gasteiger partial charge on any atom is -0.507 e. The van der Waals surface area contributed by atoms with Gasteiger partial charge in [-0.05, 0) is 35.9 Å². The van der Waals surface area contributed by atoms with Crippen LogP contribution in [0.15, 0.2) is 48.0 Å². The van der Waals surface area contributed by atoms with Gasteiger partial charge in [0.05, 0.1) is 39.0 Å². The van der Waals surface area contributed by atoms with E-state index in [1.54, 1.807) is 42.5 Å². The number of carbonyl (C=O) groups is 2. The maximum absolute atomic E-state index is 13.2. The Bertz CT molecular complexity index is 1100. The van der Waals surface area contributed by atoms with E-state index >= 15 is 0 Å². The smallest absolute Gasteiger partial charge is 0.295 e. The summed E-state index contributed by atoms with van der Waals surface area (Å²) in [6, 6.07) is 11.0. The highest BCUT2D eigenvalue weighted by atomic mass is 35.5. The predicted octanol–water partition coefficient (Wildman–Crippen LogP) is 3.11. The standard InChI is InChI=1S/C25H27ClN2O6/c1-32-19-8-5-17(15-20(19)33-2)23(29)21-22(16-3-6-18(26)7-4-16)28(25(31)24(21)30)10-9-27-11-13-34-14-12-27/h3-8,15,22,29H,9-14H2,1-2H3/b23-21-. The van der Waals surface area contributed by atoms with Crippen molar-refractivity contribution < 1.29 is 28.9 Å². The molecule has 0 spiro atoms. The SMILES string of the molecule is COc1ccc(/C(O)=C2/C(=O)C(=O)N(CCN3CCOCC3)C2c2ccc(Cl)cc2)cc1OC. The Hall–Kier alpha value is -3.07. The van der Waals surface area contributed by atoms with Crippen LogP contribution in [0, 0.1) is 0 Å². The van der Waals surface area contributed by atoms with Gasteiger partial charge >= 0.3 is 0 Å². The van der Waals surface area contributed by atoms with Crippen LogP contribution in [-0.4, -0.2) is 80.2 Å². The molecule has 4 rings (SSSR count). The Morgan fingerprint density at radius 2 is 1.71 bits per heavy atom. The molecule has 2 saturated heterocycles. The number of ether oxygens (including phenoxy) is 3. The van der Waals surface area contributed by atoms with Gasteiger partial charge in [-0.25, -0.2) is 0 Å². The molecule has 1 unspecified atom stereocenters. The van der Waals surface area contributed by atoms with Crippen LogP contribution >= 0.6 is 11.6 Å². The van der Waals surface area contributed by atoms with E-state index in [9.17, 15) is 14.7 Å². The van der Waals surface area contributed by atoms with E-state index in [0.29, 0.717) is 54.0 Å². The molecule has 2 aromatic rings. The number of likely N-dealkylation sites (tertiary alicyclic amines) is 1. The Balaban J connectivity index is 1.75. The molecule has 2 aromatic carbocycles. The number of amides is 1. The molecule has 0 saturated carbocycles. The lowest BCUT2D eigenvalue weighted by Crippen LogP contribution is -2.42. The molecule has 2 aliphatic rings. The number of methoxy groups -OCH3 is 2. The van der Waals surface area contributed by atoms with Gasteiger partial charge in [0.2, 0.25) is 0 Å². The highest BCUT2D eigenvalue weighted by Gasteiger charge is 2.46. The molecule has 0 aliphatic carbocycles. The lowest BCUT2D eigenvalue weighted by Gasteiger charge is -2.31. The fourth-order valence-corrected chi connectivity index (χ4v) is 4.44. The van der Waals surface area contributed by atoms with Crippen molar-refractivity contribution in [3.05, 3.63) is 64.2 Å². The average Bonchev–Trinajstić information content (AvgIpc) is 3.12. The second kappa shape index (κ2) is 10.5. The molecule has 1 N–H and O–H groups in total. The Kier molecular flexibility index (Phi) is 7.41. The van der Waals surface area contributed by atoms with E-state index in [0.717, 1.165) is 13.1 Å². The second-order valence-electron chi connectivity index (χ2n) is 8.07. The first-order chi connectivity index (χ1) is 16.4. The molecule has 0 radical (unpaired) electrons. The highest BCUT2D eigenvalue weighted by Crippen LogP contribution is 2.40. The maximum atomic E-state index is 13.2. The maximum Gasteiger partial charge on any atom is 0.295 e. The van der Waals surface area contributed by atoms with Crippen LogP contribution < -0.4 is 9.47 Å². The molecule has 180 valence electrons. The number of Topliss-reactive ketones (excluding diaryl/α,β-unsaturated/α-hetero) is 1. The Labute approximate surface area is 203 Å². The number of halogens is 1. The minimum absolute atomic E-state index is 0.0292. The van der Waals surface area contributed by atoms with E-state index in [2.05, 4.69) is 4.90 Å². The summed E-state index contributed by atoms with van der Waals surface area (Å²) < 4.78 is 16.0. The van der Waals surface area contributed by atoms with Gasteiger partial charge in [0.1, 0.15) is 5.76 Å². The van der Waals surface area contributed by atoms with Gasteiger partial charge < -0.3 is 24.2 Å². The number of morpholine rings is 1. The molecule has 1 atom stereocenters. The number of aliphatic hydroxyl groups is 1. The second-order valence-corrected chi connectivity index (χ2v) is 8.50. The molecule has 2 aliphatic heterocycles. The summed E-state index contributed by atoms with van der Waals surface area (Å²) in [4.78, 5) is 30.0. The van der Waals surface area contributed by atoms with Crippen LogP contribution in [-0.2, 0) is 14.3 Å². The van der Waals surface area contributed by atoms with Crippen molar-refractivity contribution in [2.45, 2.75) is 6.04 Å². The van der Waals surface area contributed by atoms with Crippen molar-refractivity contribution in [3.63, 3.8) is 0 Å². The van der Waals surface area contributed by atoms with Crippen molar-refractivity contribution in [1.29, 1.82) is 0 Å². The first-order valence-electron chi connectivity index (χ1n) is 11.0. The lowest BCUT2D eigenvalue weighted by atomic mass is 9.95. The van der Waals surface area contributed by atoms with Gasteiger partial charge in [0.25, 0.3) is 11.7 Å². The van der Waals surface area contributed by atoms with Crippen molar-refractivity contribution >= 4 is 29.1 Å². The van der Waals surface area contributed by atoms with E-state index in [4.69, 9.17) is 25.8 Å². The number of rotatable bonds is 7. The van der Waals surface area contributed by atoms with E-state index in [1.165, 1.54) is 19.1 Å². The van der Waals surface area contributed by atoms with E-state index < -0.39 is 17.7 Å². The topological polar surface area (TPSA) is 88.5 Å². The fourth-order valence-electron chi connectivity index (χ4n) is 4.32. The minimum atomic E-state index is -0.744. The van der Waals surface area contributed by atoms with Crippen LogP contribution in [0.25, 0.3) is 5.76 Å². The Morgan fingerprint density at radius 3 is 2.35 bits per heavy atom. The zero-order valence-corrected chi connectivity index (χ0v) is 19.9. The quantitative estimate of drug-likeness (QED) is 0.365. The molecule has 9 heteroatoms. The molecule has 2 heterocycles. The molecule has 0 bridgehead atoms. The van der Waals surface area contributed by atoms with Crippen molar-refractivity contribution in [1.82, 2.24) is 9.80 Å². The molecular formula is C25H27ClN2O6. The summed E-state index contributed by atoms with van der Waals surface area (Å²) in [5, 5.41) is 11.8. The number of carbonyl (C=O) groups excluding carboxylic acids is 2. The molecule has 0 aromatic heterocycles. The van der Waals surface area contributed by atoms with Gasteiger partial charge in [-0.2, -0.15) is 0 Å². The number of ketones is 1. The van der Waals surface area contributed by atoms with Gasteiger partial charge in [-0.3, -0.25) is 14.5 Å². The third-order valence-electron chi connectivity index (χ3n) is 6.14. The summed E-state index contributed by atoms with van der Waals surface area (Å²) in [7, 11) is 3.00. The Morgan fingerprint density at radius 1 is 1.03 bits per heavy atom. The van der Waals surface area contributed by atoms with E-state index in [1.807, 2.05) is 0 Å². The first kappa shape index (κ1) is 24.1. The first-order valence-corrected chi connectivity index (χ1v) is 11.4. The van der Waals surface area contributed by atoms with Crippen LogP contribution in [0.5, 0.6) is 11.5 Å².